The van der Waals surface area contributed by atoms with Gasteiger partial charge >= 0.3 is 0 Å². The Hall–Kier alpha value is -9.30. The van der Waals surface area contributed by atoms with Gasteiger partial charge < -0.3 is 4.90 Å². The highest BCUT2D eigenvalue weighted by molar-refractivity contribution is 6.21. The van der Waals surface area contributed by atoms with Gasteiger partial charge in [0.15, 0.2) is 0 Å². The van der Waals surface area contributed by atoms with Crippen molar-refractivity contribution >= 4 is 77.0 Å². The fourth-order valence-corrected chi connectivity index (χ4v) is 12.0. The highest BCUT2D eigenvalue weighted by atomic mass is 15.1. The minimum absolute atomic E-state index is 0.199. The van der Waals surface area contributed by atoms with E-state index in [4.69, 9.17) is 0 Å². The Morgan fingerprint density at radius 3 is 1.15 bits per heavy atom. The second kappa shape index (κ2) is 17.8. The molecule has 0 aromatic heterocycles. The van der Waals surface area contributed by atoms with Gasteiger partial charge in [-0.2, -0.15) is 0 Å². The zero-order chi connectivity index (χ0) is 48.2. The van der Waals surface area contributed by atoms with E-state index in [2.05, 4.69) is 284 Å². The molecule has 0 fully saturated rings. The lowest BCUT2D eigenvalue weighted by Crippen LogP contribution is -2.09. The van der Waals surface area contributed by atoms with Gasteiger partial charge in [-0.05, 0) is 170 Å². The molecule has 1 unspecified atom stereocenters. The van der Waals surface area contributed by atoms with Crippen LogP contribution in [0.25, 0.3) is 104 Å². The number of para-hydroxylation sites is 2. The topological polar surface area (TPSA) is 3.24 Å². The van der Waals surface area contributed by atoms with Crippen molar-refractivity contribution < 1.29 is 0 Å². The molecule has 0 N–H and O–H groups in total. The SMILES string of the molecule is C1=CC(c2ccc(-c3c4ccccc4c(-c4ccc(N(c5ccccc5)c5ccccc5)cc4)c4ccccc34)cc2)Cc2c1c(-c1ccc3ccccc3c1)c1ccccc1c2-c1ccc2ccccc2c1. The van der Waals surface area contributed by atoms with Gasteiger partial charge in [-0.1, -0.05) is 231 Å². The van der Waals surface area contributed by atoms with Crippen LogP contribution in [-0.2, 0) is 6.42 Å². The Bertz CT molecular complexity index is 4170. The standard InChI is InChI=1S/C72H49N/c1-3-21-58(22-4-1)73(59-23-5-2-6-24-59)60-42-39-52(40-43-60)70-63-27-13-11-25-61(63)69(62-26-12-14-28-64(62)70)51-35-31-50(32-36-51)55-41-44-67-68(47-55)72(57-38-34-49-18-8-10-20-54(49)46-57)66-30-16-15-29-65(66)71(67)56-37-33-48-17-7-9-19-53(48)45-56/h1-46,55H,47H2. The van der Waals surface area contributed by atoms with Gasteiger partial charge in [-0.3, -0.25) is 0 Å². The first-order chi connectivity index (χ1) is 36.2. The number of anilines is 3. The van der Waals surface area contributed by atoms with Crippen LogP contribution in [0, 0.1) is 0 Å². The lowest BCUT2D eigenvalue weighted by atomic mass is 9.76. The number of hydrogen-bond acceptors (Lipinski definition) is 1. The average molecular weight is 928 g/mol. The van der Waals surface area contributed by atoms with Gasteiger partial charge in [0.2, 0.25) is 0 Å². The van der Waals surface area contributed by atoms with Gasteiger partial charge in [0.1, 0.15) is 0 Å². The smallest absolute Gasteiger partial charge is 0.0462 e. The van der Waals surface area contributed by atoms with Crippen LogP contribution in [0.2, 0.25) is 0 Å². The molecule has 1 aliphatic carbocycles. The lowest BCUT2D eigenvalue weighted by Gasteiger charge is -2.28. The molecule has 1 heteroatoms. The Kier molecular flexibility index (Phi) is 10.4. The zero-order valence-electron chi connectivity index (χ0n) is 40.3. The number of hydrogen-bond donors (Lipinski definition) is 0. The number of allylic oxidation sites excluding steroid dienone is 1. The van der Waals surface area contributed by atoms with E-state index in [-0.39, 0.29) is 5.92 Å². The fraction of sp³-hybridized carbons (Fsp3) is 0.0278. The molecule has 0 bridgehead atoms. The summed E-state index contributed by atoms with van der Waals surface area (Å²) in [7, 11) is 0. The van der Waals surface area contributed by atoms with Crippen molar-refractivity contribution in [2.24, 2.45) is 0 Å². The number of nitrogens with zero attached hydrogens (tertiary/aromatic N) is 1. The zero-order valence-corrected chi connectivity index (χ0v) is 40.3. The third-order valence-corrected chi connectivity index (χ3v) is 15.4. The van der Waals surface area contributed by atoms with Crippen molar-refractivity contribution in [3.8, 4) is 44.5 Å². The summed E-state index contributed by atoms with van der Waals surface area (Å²) in [5.41, 5.74) is 17.5. The summed E-state index contributed by atoms with van der Waals surface area (Å²) in [5.74, 6) is 0.199. The van der Waals surface area contributed by atoms with Crippen LogP contribution >= 0.6 is 0 Å². The maximum Gasteiger partial charge on any atom is 0.0462 e. The molecule has 1 atom stereocenters. The van der Waals surface area contributed by atoms with Crippen molar-refractivity contribution in [2.45, 2.75) is 12.3 Å². The third-order valence-electron chi connectivity index (χ3n) is 15.4. The van der Waals surface area contributed by atoms with Crippen LogP contribution in [0.4, 0.5) is 17.1 Å². The van der Waals surface area contributed by atoms with Crippen molar-refractivity contribution in [3.63, 3.8) is 0 Å². The fourth-order valence-electron chi connectivity index (χ4n) is 12.0. The summed E-state index contributed by atoms with van der Waals surface area (Å²) in [5, 5.41) is 12.6. The molecular formula is C72H49N. The first-order valence-electron chi connectivity index (χ1n) is 25.5. The quantitative estimate of drug-likeness (QED) is 0.137. The molecule has 1 aliphatic rings. The summed E-state index contributed by atoms with van der Waals surface area (Å²) in [6, 6.07) is 98.4. The monoisotopic (exact) mass is 927 g/mol. The van der Waals surface area contributed by atoms with E-state index < -0.39 is 0 Å². The van der Waals surface area contributed by atoms with E-state index in [9.17, 15) is 0 Å². The van der Waals surface area contributed by atoms with Crippen LogP contribution in [0.15, 0.2) is 273 Å². The minimum atomic E-state index is 0.199. The van der Waals surface area contributed by atoms with Crippen LogP contribution in [-0.4, -0.2) is 0 Å². The Morgan fingerprint density at radius 2 is 0.658 bits per heavy atom. The van der Waals surface area contributed by atoms with Gasteiger partial charge in [-0.25, -0.2) is 0 Å². The lowest BCUT2D eigenvalue weighted by molar-refractivity contribution is 0.830. The minimum Gasteiger partial charge on any atom is -0.311 e. The molecule has 0 heterocycles. The highest BCUT2D eigenvalue weighted by Gasteiger charge is 2.26. The molecule has 0 amide bonds. The van der Waals surface area contributed by atoms with E-state index in [1.165, 1.54) is 115 Å². The number of benzene rings is 13. The molecule has 13 aromatic rings. The second-order valence-corrected chi connectivity index (χ2v) is 19.5. The van der Waals surface area contributed by atoms with Crippen molar-refractivity contribution in [2.75, 3.05) is 4.90 Å². The summed E-state index contributed by atoms with van der Waals surface area (Å²) in [6.45, 7) is 0. The molecule has 14 rings (SSSR count). The molecule has 342 valence electrons. The summed E-state index contributed by atoms with van der Waals surface area (Å²) in [4.78, 5) is 2.32. The Morgan fingerprint density at radius 1 is 0.288 bits per heavy atom. The van der Waals surface area contributed by atoms with Crippen LogP contribution < -0.4 is 4.90 Å². The first-order valence-corrected chi connectivity index (χ1v) is 25.5. The molecule has 0 saturated carbocycles. The van der Waals surface area contributed by atoms with E-state index in [0.717, 1.165) is 23.5 Å². The van der Waals surface area contributed by atoms with Gasteiger partial charge in [0.05, 0.1) is 0 Å². The van der Waals surface area contributed by atoms with E-state index in [1.807, 2.05) is 0 Å². The van der Waals surface area contributed by atoms with Crippen LogP contribution in [0.1, 0.15) is 22.6 Å². The van der Waals surface area contributed by atoms with Crippen LogP contribution in [0.5, 0.6) is 0 Å². The predicted molar refractivity (Wildman–Crippen MR) is 312 cm³/mol. The van der Waals surface area contributed by atoms with Gasteiger partial charge in [-0.15, -0.1) is 0 Å². The molecule has 13 aromatic carbocycles. The normalized spacial score (nSPS) is 13.2. The van der Waals surface area contributed by atoms with Crippen molar-refractivity contribution in [1.82, 2.24) is 0 Å². The summed E-state index contributed by atoms with van der Waals surface area (Å²) >= 11 is 0. The number of rotatable bonds is 8. The third kappa shape index (κ3) is 7.40. The molecular weight excluding hydrogens is 879 g/mol. The average Bonchev–Trinajstić information content (AvgIpc) is 3.47. The maximum absolute atomic E-state index is 2.46. The van der Waals surface area contributed by atoms with E-state index in [1.54, 1.807) is 0 Å². The summed E-state index contributed by atoms with van der Waals surface area (Å²) in [6.07, 6.45) is 5.79. The van der Waals surface area contributed by atoms with Gasteiger partial charge in [0.25, 0.3) is 0 Å². The Labute approximate surface area is 426 Å². The molecule has 0 radical (unpaired) electrons. The molecule has 0 spiro atoms. The second-order valence-electron chi connectivity index (χ2n) is 19.5. The van der Waals surface area contributed by atoms with E-state index >= 15 is 0 Å². The molecule has 0 saturated heterocycles. The number of fused-ring (bicyclic) bond motifs is 6. The Balaban J connectivity index is 0.869. The predicted octanol–water partition coefficient (Wildman–Crippen LogP) is 19.9. The van der Waals surface area contributed by atoms with Gasteiger partial charge in [0, 0.05) is 23.0 Å². The first kappa shape index (κ1) is 42.6. The molecule has 0 aliphatic heterocycles. The molecule has 73 heavy (non-hydrogen) atoms. The van der Waals surface area contributed by atoms with Crippen LogP contribution in [0.3, 0.4) is 0 Å². The van der Waals surface area contributed by atoms with Crippen molar-refractivity contribution in [1.29, 1.82) is 0 Å². The van der Waals surface area contributed by atoms with E-state index in [0.29, 0.717) is 0 Å². The highest BCUT2D eigenvalue weighted by Crippen LogP contribution is 2.49. The maximum atomic E-state index is 2.46. The largest absolute Gasteiger partial charge is 0.311 e. The molecule has 1 nitrogen and oxygen atoms in total. The summed E-state index contributed by atoms with van der Waals surface area (Å²) < 4.78 is 0. The van der Waals surface area contributed by atoms with Crippen molar-refractivity contribution in [3.05, 3.63) is 290 Å².